The standard InChI is InChI=1S/C20H38N4O3/c1-2-21-20(23-15-19(25)24-18-7-4-3-5-8-18)22-11-6-12-27-16-17-9-13-26-14-10-17/h17-18H,2-16H2,1H3,(H,24,25)(H2,21,22,23). The van der Waals surface area contributed by atoms with Crippen LogP contribution < -0.4 is 16.0 Å². The van der Waals surface area contributed by atoms with E-state index in [1.165, 1.54) is 19.3 Å². The molecule has 0 aromatic rings. The van der Waals surface area contributed by atoms with Gasteiger partial charge in [0.15, 0.2) is 5.96 Å². The van der Waals surface area contributed by atoms with Crippen LogP contribution in [0.3, 0.4) is 0 Å². The van der Waals surface area contributed by atoms with Gasteiger partial charge in [-0.3, -0.25) is 4.79 Å². The Balaban J connectivity index is 1.56. The number of ether oxygens (including phenoxy) is 2. The molecule has 2 rings (SSSR count). The number of hydrogen-bond donors (Lipinski definition) is 3. The van der Waals surface area contributed by atoms with Gasteiger partial charge in [0.2, 0.25) is 5.91 Å². The van der Waals surface area contributed by atoms with Crippen LogP contribution in [0.15, 0.2) is 4.99 Å². The van der Waals surface area contributed by atoms with E-state index < -0.39 is 0 Å². The Morgan fingerprint density at radius 2 is 1.89 bits per heavy atom. The highest BCUT2D eigenvalue weighted by Crippen LogP contribution is 2.17. The molecule has 0 bridgehead atoms. The van der Waals surface area contributed by atoms with E-state index in [2.05, 4.69) is 20.9 Å². The van der Waals surface area contributed by atoms with Crippen molar-refractivity contribution in [1.82, 2.24) is 16.0 Å². The highest BCUT2D eigenvalue weighted by atomic mass is 16.5. The lowest BCUT2D eigenvalue weighted by Gasteiger charge is -2.22. The first-order valence-corrected chi connectivity index (χ1v) is 10.7. The Bertz CT molecular complexity index is 433. The van der Waals surface area contributed by atoms with Crippen LogP contribution in [0.1, 0.15) is 58.3 Å². The molecular formula is C20H38N4O3. The third kappa shape index (κ3) is 9.96. The van der Waals surface area contributed by atoms with Gasteiger partial charge in [-0.1, -0.05) is 19.3 Å². The first kappa shape index (κ1) is 22.0. The molecule has 2 aliphatic rings. The van der Waals surface area contributed by atoms with Gasteiger partial charge in [0.05, 0.1) is 0 Å². The Kier molecular flexibility index (Phi) is 11.2. The zero-order valence-corrected chi connectivity index (χ0v) is 16.9. The van der Waals surface area contributed by atoms with Crippen LogP contribution in [0.2, 0.25) is 0 Å². The Labute approximate surface area is 164 Å². The summed E-state index contributed by atoms with van der Waals surface area (Å²) in [6.45, 7) is 7.06. The molecule has 0 unspecified atom stereocenters. The highest BCUT2D eigenvalue weighted by Gasteiger charge is 2.15. The van der Waals surface area contributed by atoms with Crippen molar-refractivity contribution in [1.29, 1.82) is 0 Å². The van der Waals surface area contributed by atoms with Crippen molar-refractivity contribution in [2.75, 3.05) is 46.1 Å². The lowest BCUT2D eigenvalue weighted by Crippen LogP contribution is -2.41. The fourth-order valence-electron chi connectivity index (χ4n) is 3.56. The predicted molar refractivity (Wildman–Crippen MR) is 108 cm³/mol. The number of hydrogen-bond acceptors (Lipinski definition) is 4. The number of aliphatic imine (C=N–C) groups is 1. The van der Waals surface area contributed by atoms with Crippen LogP contribution in [0.4, 0.5) is 0 Å². The normalized spacial score (nSPS) is 19.7. The topological polar surface area (TPSA) is 84.0 Å². The summed E-state index contributed by atoms with van der Waals surface area (Å²) in [5.74, 6) is 1.35. The zero-order chi connectivity index (χ0) is 19.2. The Hall–Kier alpha value is -1.34. The fraction of sp³-hybridized carbons (Fsp3) is 0.900. The summed E-state index contributed by atoms with van der Waals surface area (Å²) >= 11 is 0. The molecule has 1 aliphatic carbocycles. The van der Waals surface area contributed by atoms with Crippen molar-refractivity contribution >= 4 is 11.9 Å². The average Bonchev–Trinajstić information content (AvgIpc) is 2.70. The van der Waals surface area contributed by atoms with Gasteiger partial charge >= 0.3 is 0 Å². The minimum Gasteiger partial charge on any atom is -0.381 e. The van der Waals surface area contributed by atoms with E-state index in [1.807, 2.05) is 6.92 Å². The smallest absolute Gasteiger partial charge is 0.242 e. The summed E-state index contributed by atoms with van der Waals surface area (Å²) in [5, 5.41) is 9.57. The lowest BCUT2D eigenvalue weighted by atomic mass is 9.95. The Morgan fingerprint density at radius 3 is 2.63 bits per heavy atom. The molecule has 1 saturated heterocycles. The molecule has 1 heterocycles. The van der Waals surface area contributed by atoms with E-state index in [0.717, 1.165) is 71.6 Å². The summed E-state index contributed by atoms with van der Waals surface area (Å²) in [6, 6.07) is 0.338. The molecule has 1 amide bonds. The van der Waals surface area contributed by atoms with Gasteiger partial charge in [0.1, 0.15) is 6.54 Å². The van der Waals surface area contributed by atoms with Gasteiger partial charge in [-0.2, -0.15) is 0 Å². The third-order valence-electron chi connectivity index (χ3n) is 5.15. The molecule has 3 N–H and O–H groups in total. The molecule has 156 valence electrons. The summed E-state index contributed by atoms with van der Waals surface area (Å²) < 4.78 is 11.1. The quantitative estimate of drug-likeness (QED) is 0.305. The maximum Gasteiger partial charge on any atom is 0.242 e. The fourth-order valence-corrected chi connectivity index (χ4v) is 3.56. The van der Waals surface area contributed by atoms with Gasteiger partial charge in [-0.05, 0) is 44.9 Å². The first-order chi connectivity index (χ1) is 13.3. The van der Waals surface area contributed by atoms with Crippen LogP contribution in [-0.2, 0) is 14.3 Å². The summed E-state index contributed by atoms with van der Waals surface area (Å²) in [5.41, 5.74) is 0. The summed E-state index contributed by atoms with van der Waals surface area (Å²) in [6.07, 6.45) is 9.06. The molecule has 27 heavy (non-hydrogen) atoms. The van der Waals surface area contributed by atoms with Crippen LogP contribution in [0.5, 0.6) is 0 Å². The average molecular weight is 383 g/mol. The largest absolute Gasteiger partial charge is 0.381 e. The number of nitrogens with zero attached hydrogens (tertiary/aromatic N) is 1. The molecule has 0 spiro atoms. The van der Waals surface area contributed by atoms with E-state index in [0.29, 0.717) is 17.9 Å². The molecule has 7 heteroatoms. The van der Waals surface area contributed by atoms with Gasteiger partial charge in [-0.15, -0.1) is 0 Å². The van der Waals surface area contributed by atoms with Crippen molar-refractivity contribution in [3.05, 3.63) is 0 Å². The molecule has 0 aromatic carbocycles. The van der Waals surface area contributed by atoms with E-state index in [9.17, 15) is 4.79 Å². The zero-order valence-electron chi connectivity index (χ0n) is 16.9. The van der Waals surface area contributed by atoms with Gasteiger partial charge < -0.3 is 25.4 Å². The van der Waals surface area contributed by atoms with E-state index in [4.69, 9.17) is 9.47 Å². The Morgan fingerprint density at radius 1 is 1.11 bits per heavy atom. The van der Waals surface area contributed by atoms with Crippen molar-refractivity contribution in [3.63, 3.8) is 0 Å². The number of carbonyl (C=O) groups is 1. The number of rotatable bonds is 10. The van der Waals surface area contributed by atoms with Gasteiger partial charge in [0, 0.05) is 45.6 Å². The van der Waals surface area contributed by atoms with Crippen LogP contribution in [-0.4, -0.2) is 64.0 Å². The van der Waals surface area contributed by atoms with Crippen molar-refractivity contribution < 1.29 is 14.3 Å². The molecule has 0 atom stereocenters. The number of amides is 1. The summed E-state index contributed by atoms with van der Waals surface area (Å²) in [7, 11) is 0. The van der Waals surface area contributed by atoms with Crippen molar-refractivity contribution in [3.8, 4) is 0 Å². The molecule has 0 aromatic heterocycles. The molecule has 1 aliphatic heterocycles. The molecular weight excluding hydrogens is 344 g/mol. The van der Waals surface area contributed by atoms with Crippen molar-refractivity contribution in [2.45, 2.75) is 64.3 Å². The molecule has 0 radical (unpaired) electrons. The van der Waals surface area contributed by atoms with Crippen molar-refractivity contribution in [2.24, 2.45) is 10.9 Å². The van der Waals surface area contributed by atoms with E-state index in [-0.39, 0.29) is 12.5 Å². The number of carbonyl (C=O) groups excluding carboxylic acids is 1. The molecule has 7 nitrogen and oxygen atoms in total. The summed E-state index contributed by atoms with van der Waals surface area (Å²) in [4.78, 5) is 16.5. The minimum absolute atomic E-state index is 0.0129. The van der Waals surface area contributed by atoms with Gasteiger partial charge in [0.25, 0.3) is 0 Å². The van der Waals surface area contributed by atoms with Crippen LogP contribution in [0.25, 0.3) is 0 Å². The number of guanidine groups is 1. The van der Waals surface area contributed by atoms with Gasteiger partial charge in [-0.25, -0.2) is 4.99 Å². The second-order valence-corrected chi connectivity index (χ2v) is 7.51. The lowest BCUT2D eigenvalue weighted by molar-refractivity contribution is -0.120. The molecule has 2 fully saturated rings. The second-order valence-electron chi connectivity index (χ2n) is 7.51. The number of nitrogens with one attached hydrogen (secondary N) is 3. The van der Waals surface area contributed by atoms with Crippen LogP contribution in [0, 0.1) is 5.92 Å². The third-order valence-corrected chi connectivity index (χ3v) is 5.15. The second kappa shape index (κ2) is 13.8. The monoisotopic (exact) mass is 382 g/mol. The SMILES string of the molecule is CCNC(=NCC(=O)NC1CCCCC1)NCCCOCC1CCOCC1. The molecule has 1 saturated carbocycles. The highest BCUT2D eigenvalue weighted by molar-refractivity contribution is 5.84. The van der Waals surface area contributed by atoms with E-state index in [1.54, 1.807) is 0 Å². The predicted octanol–water partition coefficient (Wildman–Crippen LogP) is 1.82. The first-order valence-electron chi connectivity index (χ1n) is 10.7. The van der Waals surface area contributed by atoms with E-state index >= 15 is 0 Å². The van der Waals surface area contributed by atoms with Crippen LogP contribution >= 0.6 is 0 Å². The maximum atomic E-state index is 12.1. The maximum absolute atomic E-state index is 12.1. The minimum atomic E-state index is 0.0129.